The van der Waals surface area contributed by atoms with E-state index in [4.69, 9.17) is 21.6 Å². The molecule has 0 radical (unpaired) electrons. The summed E-state index contributed by atoms with van der Waals surface area (Å²) in [4.78, 5) is 21.3. The van der Waals surface area contributed by atoms with Crippen LogP contribution in [0.4, 0.5) is 0 Å². The third-order valence-electron chi connectivity index (χ3n) is 5.50. The number of aryl methyl sites for hydroxylation is 1. The lowest BCUT2D eigenvalue weighted by Gasteiger charge is -2.14. The Balaban J connectivity index is 1.95. The van der Waals surface area contributed by atoms with Crippen LogP contribution >= 0.6 is 0 Å². The second kappa shape index (κ2) is 13.0. The number of guanidine groups is 1. The van der Waals surface area contributed by atoms with Crippen LogP contribution in [0.1, 0.15) is 92.9 Å². The summed E-state index contributed by atoms with van der Waals surface area (Å²) >= 11 is 0. The molecule has 1 aromatic rings. The number of nitrogens with two attached hydrogens (primary N) is 2. The standard InChI is InChI=1S/C22H38N6O2/c1-2-3-4-5-6-7-8-12-17-19(18-13-11-15-28(18)22(25)27-17)20(29)30-16-10-9-14-26-21(23)24/h25H,2-16H2,1H3,(H4,23,24,26). The van der Waals surface area contributed by atoms with Crippen LogP contribution in [0.5, 0.6) is 0 Å². The molecule has 168 valence electrons. The van der Waals surface area contributed by atoms with Crippen molar-refractivity contribution in [2.24, 2.45) is 16.5 Å². The highest BCUT2D eigenvalue weighted by Gasteiger charge is 2.25. The van der Waals surface area contributed by atoms with E-state index in [0.29, 0.717) is 25.1 Å². The number of nitrogens with one attached hydrogen (secondary N) is 1. The Morgan fingerprint density at radius 3 is 2.60 bits per heavy atom. The molecule has 30 heavy (non-hydrogen) atoms. The first-order chi connectivity index (χ1) is 14.5. The summed E-state index contributed by atoms with van der Waals surface area (Å²) in [6, 6.07) is 0. The maximum Gasteiger partial charge on any atom is 0.341 e. The highest BCUT2D eigenvalue weighted by atomic mass is 16.5. The van der Waals surface area contributed by atoms with Gasteiger partial charge in [-0.3, -0.25) is 10.4 Å². The maximum atomic E-state index is 12.9. The molecule has 0 aromatic carbocycles. The van der Waals surface area contributed by atoms with Gasteiger partial charge in [-0.25, -0.2) is 9.78 Å². The minimum absolute atomic E-state index is 0.0798. The van der Waals surface area contributed by atoms with Gasteiger partial charge in [0.25, 0.3) is 0 Å². The first-order valence-corrected chi connectivity index (χ1v) is 11.4. The number of hydrogen-bond acceptors (Lipinski definition) is 5. The van der Waals surface area contributed by atoms with Gasteiger partial charge in [0.15, 0.2) is 5.96 Å². The van der Waals surface area contributed by atoms with Crippen molar-refractivity contribution in [3.05, 3.63) is 22.6 Å². The zero-order valence-electron chi connectivity index (χ0n) is 18.4. The third kappa shape index (κ3) is 7.46. The Kier molecular flexibility index (Phi) is 10.4. The number of ether oxygens (including phenoxy) is 1. The quantitative estimate of drug-likeness (QED) is 0.185. The van der Waals surface area contributed by atoms with E-state index in [2.05, 4.69) is 16.9 Å². The molecule has 1 aliphatic heterocycles. The number of hydrogen-bond donors (Lipinski definition) is 3. The molecule has 0 aliphatic carbocycles. The Hall–Kier alpha value is -2.38. The number of nitrogens with zero attached hydrogens (tertiary/aromatic N) is 3. The Morgan fingerprint density at radius 1 is 1.13 bits per heavy atom. The molecular formula is C22H38N6O2. The summed E-state index contributed by atoms with van der Waals surface area (Å²) in [5.74, 6) is -0.232. The van der Waals surface area contributed by atoms with E-state index in [0.717, 1.165) is 56.5 Å². The third-order valence-corrected chi connectivity index (χ3v) is 5.50. The summed E-state index contributed by atoms with van der Waals surface area (Å²) < 4.78 is 7.40. The highest BCUT2D eigenvalue weighted by Crippen LogP contribution is 2.22. The number of unbranched alkanes of at least 4 members (excludes halogenated alkanes) is 7. The molecule has 0 fully saturated rings. The van der Waals surface area contributed by atoms with Gasteiger partial charge in [-0.1, -0.05) is 45.4 Å². The molecule has 0 saturated carbocycles. The molecule has 1 aromatic heterocycles. The minimum Gasteiger partial charge on any atom is -0.462 e. The van der Waals surface area contributed by atoms with Crippen molar-refractivity contribution >= 4 is 11.9 Å². The van der Waals surface area contributed by atoms with Crippen LogP contribution in [0.3, 0.4) is 0 Å². The van der Waals surface area contributed by atoms with Crippen molar-refractivity contribution in [2.75, 3.05) is 13.2 Å². The van der Waals surface area contributed by atoms with Crippen LogP contribution in [0.15, 0.2) is 4.99 Å². The predicted octanol–water partition coefficient (Wildman–Crippen LogP) is 2.81. The fraction of sp³-hybridized carbons (Fsp3) is 0.727. The summed E-state index contributed by atoms with van der Waals surface area (Å²) in [5.41, 5.74) is 13.1. The number of aromatic nitrogens is 2. The Labute approximate surface area is 179 Å². The minimum atomic E-state index is -0.312. The number of carbonyl (C=O) groups is 1. The molecule has 8 heteroatoms. The van der Waals surface area contributed by atoms with Crippen LogP contribution in [0, 0.1) is 5.41 Å². The Bertz CT molecular complexity index is 768. The first-order valence-electron chi connectivity index (χ1n) is 11.4. The molecule has 0 spiro atoms. The lowest BCUT2D eigenvalue weighted by atomic mass is 10.0. The van der Waals surface area contributed by atoms with E-state index < -0.39 is 0 Å². The van der Waals surface area contributed by atoms with Gasteiger partial charge in [0, 0.05) is 18.8 Å². The van der Waals surface area contributed by atoms with Gasteiger partial charge in [0.05, 0.1) is 12.3 Å². The molecule has 0 atom stereocenters. The molecule has 1 aliphatic rings. The second-order valence-corrected chi connectivity index (χ2v) is 7.98. The van der Waals surface area contributed by atoms with E-state index in [-0.39, 0.29) is 17.5 Å². The predicted molar refractivity (Wildman–Crippen MR) is 118 cm³/mol. The fourth-order valence-electron chi connectivity index (χ4n) is 3.90. The van der Waals surface area contributed by atoms with Gasteiger partial charge in [0.2, 0.25) is 5.62 Å². The van der Waals surface area contributed by atoms with Gasteiger partial charge in [-0.2, -0.15) is 0 Å². The summed E-state index contributed by atoms with van der Waals surface area (Å²) in [6.07, 6.45) is 12.4. The molecule has 0 amide bonds. The van der Waals surface area contributed by atoms with Crippen molar-refractivity contribution in [3.63, 3.8) is 0 Å². The lowest BCUT2D eigenvalue weighted by Crippen LogP contribution is -2.28. The number of carbonyl (C=O) groups excluding carboxylic acids is 1. The van der Waals surface area contributed by atoms with Gasteiger partial charge in [-0.15, -0.1) is 0 Å². The molecule has 0 bridgehead atoms. The summed E-state index contributed by atoms with van der Waals surface area (Å²) in [5, 5.41) is 8.24. The molecular weight excluding hydrogens is 380 g/mol. The first kappa shape index (κ1) is 23.9. The van der Waals surface area contributed by atoms with Gasteiger partial charge < -0.3 is 20.8 Å². The fourth-order valence-corrected chi connectivity index (χ4v) is 3.90. The van der Waals surface area contributed by atoms with Crippen LogP contribution < -0.4 is 17.1 Å². The molecule has 0 unspecified atom stereocenters. The molecule has 0 saturated heterocycles. The van der Waals surface area contributed by atoms with Gasteiger partial charge in [-0.05, 0) is 38.5 Å². The monoisotopic (exact) mass is 418 g/mol. The van der Waals surface area contributed by atoms with Crippen LogP contribution in [-0.4, -0.2) is 34.6 Å². The van der Waals surface area contributed by atoms with Crippen LogP contribution in [0.25, 0.3) is 0 Å². The highest BCUT2D eigenvalue weighted by molar-refractivity contribution is 5.92. The lowest BCUT2D eigenvalue weighted by molar-refractivity contribution is 0.0494. The van der Waals surface area contributed by atoms with Crippen molar-refractivity contribution < 1.29 is 9.53 Å². The van der Waals surface area contributed by atoms with Crippen molar-refractivity contribution in [1.82, 2.24) is 9.55 Å². The molecule has 2 rings (SSSR count). The van der Waals surface area contributed by atoms with Crippen molar-refractivity contribution in [3.8, 4) is 0 Å². The number of rotatable bonds is 14. The van der Waals surface area contributed by atoms with Gasteiger partial charge in [0.1, 0.15) is 5.56 Å². The van der Waals surface area contributed by atoms with E-state index in [1.807, 2.05) is 4.57 Å². The average Bonchev–Trinajstić information content (AvgIpc) is 3.20. The zero-order chi connectivity index (χ0) is 21.8. The number of aliphatic imine (C=N–C) groups is 1. The van der Waals surface area contributed by atoms with E-state index >= 15 is 0 Å². The molecule has 2 heterocycles. The number of fused-ring (bicyclic) bond motifs is 1. The molecule has 8 nitrogen and oxygen atoms in total. The second-order valence-electron chi connectivity index (χ2n) is 7.98. The van der Waals surface area contributed by atoms with E-state index in [1.54, 1.807) is 0 Å². The van der Waals surface area contributed by atoms with E-state index in [1.165, 1.54) is 32.1 Å². The van der Waals surface area contributed by atoms with Gasteiger partial charge >= 0.3 is 5.97 Å². The zero-order valence-corrected chi connectivity index (χ0v) is 18.4. The van der Waals surface area contributed by atoms with E-state index in [9.17, 15) is 4.79 Å². The Morgan fingerprint density at radius 2 is 1.87 bits per heavy atom. The van der Waals surface area contributed by atoms with Crippen molar-refractivity contribution in [1.29, 1.82) is 5.41 Å². The largest absolute Gasteiger partial charge is 0.462 e. The SMILES string of the molecule is CCCCCCCCCc1nc(=N)n2c(c1C(=O)OCCCCN=C(N)N)CCC2. The van der Waals surface area contributed by atoms with Crippen LogP contribution in [0.2, 0.25) is 0 Å². The smallest absolute Gasteiger partial charge is 0.341 e. The average molecular weight is 419 g/mol. The molecule has 5 N–H and O–H groups in total. The summed E-state index contributed by atoms with van der Waals surface area (Å²) in [7, 11) is 0. The maximum absolute atomic E-state index is 12.9. The normalized spacial score (nSPS) is 12.6. The topological polar surface area (TPSA) is 132 Å². The number of esters is 1. The van der Waals surface area contributed by atoms with Crippen molar-refractivity contribution in [2.45, 2.75) is 90.5 Å². The summed E-state index contributed by atoms with van der Waals surface area (Å²) in [6.45, 7) is 3.83. The van der Waals surface area contributed by atoms with Crippen LogP contribution in [-0.2, 0) is 24.1 Å².